The van der Waals surface area contributed by atoms with Crippen LogP contribution in [0.4, 0.5) is 0 Å². The highest BCUT2D eigenvalue weighted by atomic mass is 35.5. The topological polar surface area (TPSA) is 17.1 Å². The molecular formula is C19H17ClO. The third-order valence-electron chi connectivity index (χ3n) is 4.20. The highest BCUT2D eigenvalue weighted by molar-refractivity contribution is 6.30. The monoisotopic (exact) mass is 296 g/mol. The minimum absolute atomic E-state index is 0.00563. The van der Waals surface area contributed by atoms with E-state index in [1.165, 1.54) is 5.56 Å². The maximum Gasteiger partial charge on any atom is 0.167 e. The van der Waals surface area contributed by atoms with E-state index in [-0.39, 0.29) is 23.5 Å². The van der Waals surface area contributed by atoms with E-state index in [1.54, 1.807) is 0 Å². The van der Waals surface area contributed by atoms with Gasteiger partial charge in [-0.15, -0.1) is 0 Å². The molecule has 0 unspecified atom stereocenters. The minimum atomic E-state index is 0.00563. The minimum Gasteiger partial charge on any atom is -0.294 e. The van der Waals surface area contributed by atoms with E-state index in [1.807, 2.05) is 61.5 Å². The molecule has 0 aliphatic heterocycles. The molecule has 2 aromatic carbocycles. The number of carbonyl (C=O) groups is 1. The number of halogens is 1. The first-order valence-electron chi connectivity index (χ1n) is 7.09. The van der Waals surface area contributed by atoms with E-state index in [0.29, 0.717) is 0 Å². The molecular weight excluding hydrogens is 280 g/mol. The Morgan fingerprint density at radius 1 is 1.00 bits per heavy atom. The van der Waals surface area contributed by atoms with Gasteiger partial charge >= 0.3 is 0 Å². The molecule has 1 aliphatic rings. The molecule has 0 heterocycles. The zero-order valence-corrected chi connectivity index (χ0v) is 12.7. The van der Waals surface area contributed by atoms with Crippen LogP contribution in [-0.2, 0) is 0 Å². The second-order valence-electron chi connectivity index (χ2n) is 5.71. The van der Waals surface area contributed by atoms with Crippen LogP contribution in [0.3, 0.4) is 0 Å². The van der Waals surface area contributed by atoms with Gasteiger partial charge in [-0.25, -0.2) is 0 Å². The summed E-state index contributed by atoms with van der Waals surface area (Å²) in [5.41, 5.74) is 3.02. The van der Waals surface area contributed by atoms with E-state index in [4.69, 9.17) is 11.6 Å². The number of hydrogen-bond donors (Lipinski definition) is 0. The molecule has 1 aliphatic carbocycles. The molecule has 1 nitrogen and oxygen atoms in total. The van der Waals surface area contributed by atoms with Gasteiger partial charge < -0.3 is 0 Å². The highest BCUT2D eigenvalue weighted by Crippen LogP contribution is 2.58. The largest absolute Gasteiger partial charge is 0.294 e. The van der Waals surface area contributed by atoms with Crippen molar-refractivity contribution in [3.63, 3.8) is 0 Å². The maximum atomic E-state index is 12.7. The Labute approximate surface area is 130 Å². The fourth-order valence-corrected chi connectivity index (χ4v) is 3.27. The summed E-state index contributed by atoms with van der Waals surface area (Å²) in [6.07, 6.45) is 0. The fraction of sp³-hybridized carbons (Fsp3) is 0.211. The quantitative estimate of drug-likeness (QED) is 0.565. The Kier molecular flexibility index (Phi) is 3.69. The molecule has 0 N–H and O–H groups in total. The number of allylic oxidation sites excluding steroid dienone is 1. The van der Waals surface area contributed by atoms with E-state index >= 15 is 0 Å². The standard InChI is InChI=1S/C19H17ClO/c1-12(2)16-17(13-8-10-15(20)11-9-13)18(16)19(21)14-6-4-3-5-7-14/h3-11,16-18H,1H2,2H3/t16-,17-,18-/m0/s1. The molecule has 0 bridgehead atoms. The van der Waals surface area contributed by atoms with E-state index in [9.17, 15) is 4.79 Å². The molecule has 1 fully saturated rings. The lowest BCUT2D eigenvalue weighted by molar-refractivity contribution is 0.0961. The fourth-order valence-electron chi connectivity index (χ4n) is 3.14. The summed E-state index contributed by atoms with van der Waals surface area (Å²) >= 11 is 5.95. The molecule has 2 heteroatoms. The summed E-state index contributed by atoms with van der Waals surface area (Å²) in [5, 5.41) is 0.720. The Morgan fingerprint density at radius 3 is 2.19 bits per heavy atom. The van der Waals surface area contributed by atoms with Crippen molar-refractivity contribution in [3.8, 4) is 0 Å². The van der Waals surface area contributed by atoms with Crippen molar-refractivity contribution in [1.82, 2.24) is 0 Å². The number of hydrogen-bond acceptors (Lipinski definition) is 1. The first kappa shape index (κ1) is 14.1. The molecule has 106 valence electrons. The van der Waals surface area contributed by atoms with Gasteiger partial charge in [-0.3, -0.25) is 4.79 Å². The van der Waals surface area contributed by atoms with Crippen LogP contribution in [0.1, 0.15) is 28.8 Å². The molecule has 0 spiro atoms. The Bertz CT molecular complexity index is 672. The SMILES string of the molecule is C=C(C)[C@@H]1[C@H](C(=O)c2ccccc2)[C@H]1c1ccc(Cl)cc1. The van der Waals surface area contributed by atoms with Crippen LogP contribution < -0.4 is 0 Å². The smallest absolute Gasteiger partial charge is 0.167 e. The third kappa shape index (κ3) is 2.66. The van der Waals surface area contributed by atoms with Crippen LogP contribution in [0.5, 0.6) is 0 Å². The molecule has 0 aromatic heterocycles. The summed E-state index contributed by atoms with van der Waals surface area (Å²) in [7, 11) is 0. The van der Waals surface area contributed by atoms with Crippen molar-refractivity contribution in [3.05, 3.63) is 82.9 Å². The van der Waals surface area contributed by atoms with Crippen LogP contribution in [0.15, 0.2) is 66.7 Å². The Balaban J connectivity index is 1.89. The average molecular weight is 297 g/mol. The molecule has 21 heavy (non-hydrogen) atoms. The van der Waals surface area contributed by atoms with Gasteiger partial charge in [0.05, 0.1) is 0 Å². The lowest BCUT2D eigenvalue weighted by Gasteiger charge is -2.01. The lowest BCUT2D eigenvalue weighted by Crippen LogP contribution is -2.04. The maximum absolute atomic E-state index is 12.7. The predicted molar refractivity (Wildman–Crippen MR) is 86.8 cm³/mol. The van der Waals surface area contributed by atoms with Gasteiger partial charge in [0.25, 0.3) is 0 Å². The number of benzene rings is 2. The van der Waals surface area contributed by atoms with Gasteiger partial charge in [0, 0.05) is 22.4 Å². The molecule has 0 radical (unpaired) electrons. The summed E-state index contributed by atoms with van der Waals surface area (Å²) in [4.78, 5) is 12.7. The molecule has 2 aromatic rings. The van der Waals surface area contributed by atoms with Crippen molar-refractivity contribution in [2.75, 3.05) is 0 Å². The van der Waals surface area contributed by atoms with Crippen LogP contribution in [0.2, 0.25) is 5.02 Å². The summed E-state index contributed by atoms with van der Waals surface area (Å²) in [6, 6.07) is 17.3. The molecule has 0 amide bonds. The van der Waals surface area contributed by atoms with E-state index in [2.05, 4.69) is 6.58 Å². The molecule has 3 atom stereocenters. The highest BCUT2D eigenvalue weighted by Gasteiger charge is 2.55. The number of Topliss-reactive ketones (excluding diaryl/α,β-unsaturated/α-hetero) is 1. The third-order valence-corrected chi connectivity index (χ3v) is 4.46. The number of rotatable bonds is 4. The van der Waals surface area contributed by atoms with Gasteiger partial charge in [-0.05, 0) is 30.5 Å². The van der Waals surface area contributed by atoms with Crippen molar-refractivity contribution < 1.29 is 4.79 Å². The van der Waals surface area contributed by atoms with Crippen molar-refractivity contribution in [2.45, 2.75) is 12.8 Å². The molecule has 3 rings (SSSR count). The van der Waals surface area contributed by atoms with Crippen LogP contribution >= 0.6 is 11.6 Å². The average Bonchev–Trinajstić information content (AvgIpc) is 3.24. The van der Waals surface area contributed by atoms with Gasteiger partial charge in [-0.2, -0.15) is 0 Å². The Morgan fingerprint density at radius 2 is 1.62 bits per heavy atom. The van der Waals surface area contributed by atoms with E-state index < -0.39 is 0 Å². The zero-order chi connectivity index (χ0) is 15.0. The zero-order valence-electron chi connectivity index (χ0n) is 11.9. The second kappa shape index (κ2) is 5.50. The predicted octanol–water partition coefficient (Wildman–Crippen LogP) is 5.13. The van der Waals surface area contributed by atoms with Crippen LogP contribution in [0.25, 0.3) is 0 Å². The van der Waals surface area contributed by atoms with E-state index in [0.717, 1.165) is 16.2 Å². The first-order chi connectivity index (χ1) is 10.1. The summed E-state index contributed by atoms with van der Waals surface area (Å²) in [6.45, 7) is 6.06. The number of ketones is 1. The molecule has 1 saturated carbocycles. The van der Waals surface area contributed by atoms with Gasteiger partial charge in [0.1, 0.15) is 0 Å². The number of carbonyl (C=O) groups excluding carboxylic acids is 1. The Hall–Kier alpha value is -1.86. The second-order valence-corrected chi connectivity index (χ2v) is 6.14. The van der Waals surface area contributed by atoms with Crippen molar-refractivity contribution in [2.24, 2.45) is 11.8 Å². The van der Waals surface area contributed by atoms with Crippen molar-refractivity contribution >= 4 is 17.4 Å². The van der Waals surface area contributed by atoms with Crippen LogP contribution in [-0.4, -0.2) is 5.78 Å². The first-order valence-corrected chi connectivity index (χ1v) is 7.47. The van der Waals surface area contributed by atoms with Gasteiger partial charge in [0.15, 0.2) is 5.78 Å². The summed E-state index contributed by atoms with van der Waals surface area (Å²) < 4.78 is 0. The normalized spacial score (nSPS) is 23.6. The summed E-state index contributed by atoms with van der Waals surface area (Å²) in [5.74, 6) is 0.681. The van der Waals surface area contributed by atoms with Crippen molar-refractivity contribution in [1.29, 1.82) is 0 Å². The lowest BCUT2D eigenvalue weighted by atomic mass is 10.0. The van der Waals surface area contributed by atoms with Gasteiger partial charge in [0.2, 0.25) is 0 Å². The molecule has 0 saturated heterocycles. The van der Waals surface area contributed by atoms with Crippen LogP contribution in [0, 0.1) is 11.8 Å². The van der Waals surface area contributed by atoms with Gasteiger partial charge in [-0.1, -0.05) is 66.2 Å².